The van der Waals surface area contributed by atoms with Crippen LogP contribution in [0.5, 0.6) is 5.88 Å². The first-order valence-electron chi connectivity index (χ1n) is 6.32. The first-order valence-corrected chi connectivity index (χ1v) is 6.32. The fraction of sp³-hybridized carbons (Fsp3) is 0.200. The first-order chi connectivity index (χ1) is 9.78. The SMILES string of the molecule is COc1cc(CNC(=O)CNc2ccccc2)ccn1. The largest absolute Gasteiger partial charge is 0.481 e. The second-order valence-electron chi connectivity index (χ2n) is 4.20. The Bertz CT molecular complexity index is 558. The van der Waals surface area contributed by atoms with Gasteiger partial charge in [0.1, 0.15) is 0 Å². The maximum Gasteiger partial charge on any atom is 0.239 e. The Morgan fingerprint density at radius 2 is 2.05 bits per heavy atom. The molecule has 0 saturated heterocycles. The fourth-order valence-corrected chi connectivity index (χ4v) is 1.67. The maximum absolute atomic E-state index is 11.7. The van der Waals surface area contributed by atoms with Crippen molar-refractivity contribution in [3.63, 3.8) is 0 Å². The Balaban J connectivity index is 1.77. The molecule has 0 radical (unpaired) electrons. The first kappa shape index (κ1) is 13.9. The number of ether oxygens (including phenoxy) is 1. The lowest BCUT2D eigenvalue weighted by Crippen LogP contribution is -2.29. The number of rotatable bonds is 6. The zero-order chi connectivity index (χ0) is 14.2. The third-order valence-corrected chi connectivity index (χ3v) is 2.72. The Hall–Kier alpha value is -2.56. The molecule has 0 fully saturated rings. The highest BCUT2D eigenvalue weighted by atomic mass is 16.5. The zero-order valence-electron chi connectivity index (χ0n) is 11.3. The standard InChI is InChI=1S/C15H17N3O2/c1-20-15-9-12(7-8-16-15)10-18-14(19)11-17-13-5-3-2-4-6-13/h2-9,17H,10-11H2,1H3,(H,18,19). The number of nitrogens with zero attached hydrogens (tertiary/aromatic N) is 1. The minimum Gasteiger partial charge on any atom is -0.481 e. The number of pyridine rings is 1. The molecule has 104 valence electrons. The van der Waals surface area contributed by atoms with Crippen molar-refractivity contribution in [3.05, 3.63) is 54.2 Å². The summed E-state index contributed by atoms with van der Waals surface area (Å²) in [4.78, 5) is 15.7. The van der Waals surface area contributed by atoms with Crippen molar-refractivity contribution >= 4 is 11.6 Å². The van der Waals surface area contributed by atoms with Crippen LogP contribution in [0.25, 0.3) is 0 Å². The van der Waals surface area contributed by atoms with E-state index in [9.17, 15) is 4.79 Å². The van der Waals surface area contributed by atoms with Crippen LogP contribution >= 0.6 is 0 Å². The molecule has 0 atom stereocenters. The van der Waals surface area contributed by atoms with Crippen LogP contribution in [0.1, 0.15) is 5.56 Å². The molecule has 0 aliphatic carbocycles. The van der Waals surface area contributed by atoms with E-state index in [4.69, 9.17) is 4.74 Å². The van der Waals surface area contributed by atoms with Gasteiger partial charge in [-0.15, -0.1) is 0 Å². The summed E-state index contributed by atoms with van der Waals surface area (Å²) in [7, 11) is 1.56. The fourth-order valence-electron chi connectivity index (χ4n) is 1.67. The predicted octanol–water partition coefficient (Wildman–Crippen LogP) is 1.82. The second-order valence-corrected chi connectivity index (χ2v) is 4.20. The van der Waals surface area contributed by atoms with Crippen molar-refractivity contribution in [2.75, 3.05) is 19.0 Å². The van der Waals surface area contributed by atoms with E-state index in [-0.39, 0.29) is 12.5 Å². The average molecular weight is 271 g/mol. The molecule has 0 aliphatic rings. The molecule has 5 nitrogen and oxygen atoms in total. The van der Waals surface area contributed by atoms with Gasteiger partial charge in [0.2, 0.25) is 11.8 Å². The maximum atomic E-state index is 11.7. The van der Waals surface area contributed by atoms with Gasteiger partial charge in [0.15, 0.2) is 0 Å². The molecule has 5 heteroatoms. The van der Waals surface area contributed by atoms with Crippen LogP contribution in [0.2, 0.25) is 0 Å². The Morgan fingerprint density at radius 1 is 1.25 bits per heavy atom. The van der Waals surface area contributed by atoms with Gasteiger partial charge < -0.3 is 15.4 Å². The molecule has 0 bridgehead atoms. The summed E-state index contributed by atoms with van der Waals surface area (Å²) in [5, 5.41) is 5.89. The van der Waals surface area contributed by atoms with Gasteiger partial charge in [-0.05, 0) is 23.8 Å². The predicted molar refractivity (Wildman–Crippen MR) is 77.6 cm³/mol. The van der Waals surface area contributed by atoms with Gasteiger partial charge >= 0.3 is 0 Å². The highest BCUT2D eigenvalue weighted by molar-refractivity contribution is 5.80. The van der Waals surface area contributed by atoms with Gasteiger partial charge in [-0.3, -0.25) is 4.79 Å². The number of carbonyl (C=O) groups is 1. The summed E-state index contributed by atoms with van der Waals surface area (Å²) in [6.45, 7) is 0.695. The quantitative estimate of drug-likeness (QED) is 0.841. The van der Waals surface area contributed by atoms with Gasteiger partial charge in [0.25, 0.3) is 0 Å². The molecular weight excluding hydrogens is 254 g/mol. The van der Waals surface area contributed by atoms with Crippen molar-refractivity contribution in [2.24, 2.45) is 0 Å². The topological polar surface area (TPSA) is 63.2 Å². The van der Waals surface area contributed by atoms with Crippen LogP contribution in [0, 0.1) is 0 Å². The summed E-state index contributed by atoms with van der Waals surface area (Å²) in [6.07, 6.45) is 1.66. The van der Waals surface area contributed by atoms with E-state index in [1.165, 1.54) is 0 Å². The van der Waals surface area contributed by atoms with Gasteiger partial charge in [0, 0.05) is 24.5 Å². The van der Waals surface area contributed by atoms with Crippen molar-refractivity contribution in [3.8, 4) is 5.88 Å². The number of amides is 1. The third-order valence-electron chi connectivity index (χ3n) is 2.72. The number of para-hydroxylation sites is 1. The molecule has 1 aromatic heterocycles. The molecule has 2 N–H and O–H groups in total. The monoisotopic (exact) mass is 271 g/mol. The minimum absolute atomic E-state index is 0.0652. The van der Waals surface area contributed by atoms with Gasteiger partial charge in [-0.1, -0.05) is 18.2 Å². The number of methoxy groups -OCH3 is 1. The molecule has 20 heavy (non-hydrogen) atoms. The van der Waals surface area contributed by atoms with Crippen molar-refractivity contribution in [1.82, 2.24) is 10.3 Å². The van der Waals surface area contributed by atoms with Crippen LogP contribution in [0.15, 0.2) is 48.7 Å². The molecule has 0 aliphatic heterocycles. The van der Waals surface area contributed by atoms with Gasteiger partial charge in [-0.2, -0.15) is 0 Å². The molecule has 0 spiro atoms. The number of carbonyl (C=O) groups excluding carboxylic acids is 1. The van der Waals surface area contributed by atoms with E-state index in [0.717, 1.165) is 11.3 Å². The number of hydrogen-bond donors (Lipinski definition) is 2. The van der Waals surface area contributed by atoms with E-state index >= 15 is 0 Å². The van der Waals surface area contributed by atoms with Crippen LogP contribution in [0.3, 0.4) is 0 Å². The van der Waals surface area contributed by atoms with Crippen molar-refractivity contribution < 1.29 is 9.53 Å². The van der Waals surface area contributed by atoms with Gasteiger partial charge in [0.05, 0.1) is 13.7 Å². The lowest BCUT2D eigenvalue weighted by Gasteiger charge is -2.08. The summed E-state index contributed by atoms with van der Waals surface area (Å²) in [6, 6.07) is 13.2. The molecule has 1 heterocycles. The normalized spacial score (nSPS) is 9.85. The molecule has 1 aromatic carbocycles. The van der Waals surface area contributed by atoms with Crippen molar-refractivity contribution in [1.29, 1.82) is 0 Å². The average Bonchev–Trinajstić information content (AvgIpc) is 2.52. The smallest absolute Gasteiger partial charge is 0.239 e. The van der Waals surface area contributed by atoms with E-state index in [0.29, 0.717) is 12.4 Å². The van der Waals surface area contributed by atoms with E-state index in [1.54, 1.807) is 19.4 Å². The van der Waals surface area contributed by atoms with Crippen LogP contribution < -0.4 is 15.4 Å². The summed E-state index contributed by atoms with van der Waals surface area (Å²) >= 11 is 0. The Labute approximate surface area is 118 Å². The van der Waals surface area contributed by atoms with Crippen LogP contribution in [-0.4, -0.2) is 24.5 Å². The Kier molecular flexibility index (Phi) is 4.94. The van der Waals surface area contributed by atoms with Crippen molar-refractivity contribution in [2.45, 2.75) is 6.54 Å². The summed E-state index contributed by atoms with van der Waals surface area (Å²) < 4.78 is 5.03. The molecule has 0 unspecified atom stereocenters. The van der Waals surface area contributed by atoms with E-state index in [2.05, 4.69) is 15.6 Å². The highest BCUT2D eigenvalue weighted by Gasteiger charge is 2.02. The van der Waals surface area contributed by atoms with Crippen LogP contribution in [-0.2, 0) is 11.3 Å². The number of nitrogens with one attached hydrogen (secondary N) is 2. The molecule has 2 aromatic rings. The highest BCUT2D eigenvalue weighted by Crippen LogP contribution is 2.08. The lowest BCUT2D eigenvalue weighted by atomic mass is 10.2. The summed E-state index contributed by atoms with van der Waals surface area (Å²) in [5.41, 5.74) is 1.87. The molecular formula is C15H17N3O2. The van der Waals surface area contributed by atoms with Gasteiger partial charge in [-0.25, -0.2) is 4.98 Å². The van der Waals surface area contributed by atoms with E-state index < -0.39 is 0 Å². The number of hydrogen-bond acceptors (Lipinski definition) is 4. The zero-order valence-corrected chi connectivity index (χ0v) is 11.3. The Morgan fingerprint density at radius 3 is 2.80 bits per heavy atom. The number of aromatic nitrogens is 1. The molecule has 2 rings (SSSR count). The summed E-state index contributed by atoms with van der Waals surface area (Å²) in [5.74, 6) is 0.476. The molecule has 0 saturated carbocycles. The van der Waals surface area contributed by atoms with E-state index in [1.807, 2.05) is 36.4 Å². The number of anilines is 1. The van der Waals surface area contributed by atoms with Crippen LogP contribution in [0.4, 0.5) is 5.69 Å². The second kappa shape index (κ2) is 7.13. The number of benzene rings is 1. The lowest BCUT2D eigenvalue weighted by molar-refractivity contribution is -0.119. The minimum atomic E-state index is -0.0652. The third kappa shape index (κ3) is 4.28. The molecule has 1 amide bonds.